The molecule has 0 radical (unpaired) electrons. The van der Waals surface area contributed by atoms with Gasteiger partial charge in [-0.3, -0.25) is 4.79 Å². The van der Waals surface area contributed by atoms with Crippen molar-refractivity contribution in [3.05, 3.63) is 36.3 Å². The number of ether oxygens (including phenoxy) is 1. The van der Waals surface area contributed by atoms with E-state index in [1.807, 2.05) is 10.9 Å². The first kappa shape index (κ1) is 19.0. The van der Waals surface area contributed by atoms with Gasteiger partial charge in [0.15, 0.2) is 0 Å². The number of carbonyl (C=O) groups is 1. The molecule has 3 aliphatic heterocycles. The zero-order valence-electron chi connectivity index (χ0n) is 16.1. The van der Waals surface area contributed by atoms with Gasteiger partial charge >= 0.3 is 0 Å². The van der Waals surface area contributed by atoms with Gasteiger partial charge in [-0.2, -0.15) is 0 Å². The van der Waals surface area contributed by atoms with Crippen LogP contribution in [0.1, 0.15) is 12.8 Å². The van der Waals surface area contributed by atoms with E-state index in [0.717, 1.165) is 43.7 Å². The van der Waals surface area contributed by atoms with Crippen LogP contribution in [0.15, 0.2) is 30.5 Å². The summed E-state index contributed by atoms with van der Waals surface area (Å²) in [5, 5.41) is 11.5. The largest absolute Gasteiger partial charge is 0.383 e. The average molecular weight is 388 g/mol. The number of amides is 1. The minimum atomic E-state index is -0.258. The average Bonchev–Trinajstić information content (AvgIpc) is 3.17. The fourth-order valence-electron chi connectivity index (χ4n) is 4.59. The molecule has 1 aromatic heterocycles. The van der Waals surface area contributed by atoms with Crippen LogP contribution in [-0.4, -0.2) is 60.3 Å². The second kappa shape index (κ2) is 8.36. The molecular weight excluding hydrogens is 361 g/mol. The van der Waals surface area contributed by atoms with Crippen molar-refractivity contribution in [1.29, 1.82) is 0 Å². The quantitative estimate of drug-likeness (QED) is 0.662. The van der Waals surface area contributed by atoms with Gasteiger partial charge in [-0.1, -0.05) is 5.21 Å². The third-order valence-electron chi connectivity index (χ3n) is 6.08. The van der Waals surface area contributed by atoms with E-state index in [1.165, 1.54) is 17.0 Å². The van der Waals surface area contributed by atoms with Gasteiger partial charge < -0.3 is 15.0 Å². The summed E-state index contributed by atoms with van der Waals surface area (Å²) in [7, 11) is 1.64. The molecule has 0 spiro atoms. The van der Waals surface area contributed by atoms with Crippen LogP contribution in [0.3, 0.4) is 0 Å². The maximum absolute atomic E-state index is 13.1. The Bertz CT molecular complexity index is 809. The molecule has 4 atom stereocenters. The number of aromatic nitrogens is 3. The predicted octanol–water partition coefficient (Wildman–Crippen LogP) is 0.140. The highest BCUT2D eigenvalue weighted by Crippen LogP contribution is 2.28. The Morgan fingerprint density at radius 3 is 2.93 bits per heavy atom. The van der Waals surface area contributed by atoms with Gasteiger partial charge in [-0.05, 0) is 30.2 Å². The van der Waals surface area contributed by atoms with Crippen LogP contribution in [-0.2, 0) is 16.1 Å². The highest BCUT2D eigenvalue weighted by molar-refractivity contribution is 5.79. The predicted molar refractivity (Wildman–Crippen MR) is 101 cm³/mol. The number of quaternary nitrogens is 1. The normalized spacial score (nSPS) is 26.4. The lowest BCUT2D eigenvalue weighted by molar-refractivity contribution is -0.945. The van der Waals surface area contributed by atoms with Crippen LogP contribution in [0.5, 0.6) is 0 Å². The van der Waals surface area contributed by atoms with E-state index in [2.05, 4.69) is 15.6 Å². The number of hydrogen-bond donors (Lipinski definition) is 2. The van der Waals surface area contributed by atoms with Crippen molar-refractivity contribution in [3.8, 4) is 11.3 Å². The minimum absolute atomic E-state index is 0.0994. The van der Waals surface area contributed by atoms with E-state index in [9.17, 15) is 9.18 Å². The van der Waals surface area contributed by atoms with Crippen molar-refractivity contribution < 1.29 is 18.8 Å². The molecule has 0 aliphatic carbocycles. The van der Waals surface area contributed by atoms with Crippen LogP contribution >= 0.6 is 0 Å². The van der Waals surface area contributed by atoms with Gasteiger partial charge in [0.1, 0.15) is 17.6 Å². The molecule has 2 aromatic rings. The Labute approximate surface area is 163 Å². The molecular formula is C20H27FN5O2+. The highest BCUT2D eigenvalue weighted by atomic mass is 19.1. The number of halogens is 1. The molecule has 7 nitrogen and oxygen atoms in total. The SMILES string of the molecule is COCCNC(=O)[C@H]1C[NH+]2CC[C@@H]1C[C@@H]2Cn1cc(-c2ccc(F)cc2)nn1. The van der Waals surface area contributed by atoms with Crippen LogP contribution in [0.2, 0.25) is 0 Å². The van der Waals surface area contributed by atoms with Crippen LogP contribution < -0.4 is 10.2 Å². The molecule has 5 rings (SSSR count). The number of fused-ring (bicyclic) bond motifs is 3. The first-order chi connectivity index (χ1) is 13.6. The number of nitrogens with zero attached hydrogens (tertiary/aromatic N) is 3. The topological polar surface area (TPSA) is 73.5 Å². The monoisotopic (exact) mass is 388 g/mol. The van der Waals surface area contributed by atoms with E-state index >= 15 is 0 Å². The third-order valence-corrected chi connectivity index (χ3v) is 6.08. The zero-order valence-corrected chi connectivity index (χ0v) is 16.1. The van der Waals surface area contributed by atoms with E-state index in [-0.39, 0.29) is 17.6 Å². The fraction of sp³-hybridized carbons (Fsp3) is 0.550. The fourth-order valence-corrected chi connectivity index (χ4v) is 4.59. The second-order valence-electron chi connectivity index (χ2n) is 7.82. The zero-order chi connectivity index (χ0) is 19.5. The standard InChI is InChI=1S/C20H26FN5O2/c1-28-9-7-22-20(27)18-12-25-8-6-15(18)10-17(25)11-26-13-19(23-24-26)14-2-4-16(21)5-3-14/h2-5,13,15,17-18H,6-12H2,1H3,(H,22,27)/p+1/t15-,17-,18+/m1/s1. The lowest BCUT2D eigenvalue weighted by atomic mass is 9.75. The van der Waals surface area contributed by atoms with Crippen LogP contribution in [0.25, 0.3) is 11.3 Å². The van der Waals surface area contributed by atoms with Crippen molar-refractivity contribution in [2.24, 2.45) is 11.8 Å². The number of nitrogens with one attached hydrogen (secondary N) is 2. The van der Waals surface area contributed by atoms with Crippen molar-refractivity contribution >= 4 is 5.91 Å². The molecule has 3 fully saturated rings. The van der Waals surface area contributed by atoms with Gasteiger partial charge in [0, 0.05) is 32.1 Å². The Morgan fingerprint density at radius 2 is 2.21 bits per heavy atom. The summed E-state index contributed by atoms with van der Waals surface area (Å²) in [4.78, 5) is 14.0. The van der Waals surface area contributed by atoms with Crippen molar-refractivity contribution in [2.75, 3.05) is 33.4 Å². The van der Waals surface area contributed by atoms with Crippen molar-refractivity contribution in [1.82, 2.24) is 20.3 Å². The van der Waals surface area contributed by atoms with Gasteiger partial charge in [0.2, 0.25) is 5.91 Å². The summed E-state index contributed by atoms with van der Waals surface area (Å²) in [5.41, 5.74) is 1.61. The summed E-state index contributed by atoms with van der Waals surface area (Å²) in [6.07, 6.45) is 4.06. The lowest BCUT2D eigenvalue weighted by Crippen LogP contribution is -3.20. The maximum atomic E-state index is 13.1. The molecule has 3 saturated heterocycles. The number of carbonyl (C=O) groups excluding carboxylic acids is 1. The second-order valence-corrected chi connectivity index (χ2v) is 7.82. The number of benzene rings is 1. The molecule has 1 aromatic carbocycles. The van der Waals surface area contributed by atoms with Gasteiger partial charge in [0.05, 0.1) is 38.4 Å². The van der Waals surface area contributed by atoms with Crippen molar-refractivity contribution in [2.45, 2.75) is 25.4 Å². The number of methoxy groups -OCH3 is 1. The summed E-state index contributed by atoms with van der Waals surface area (Å²) in [6, 6.07) is 6.75. The molecule has 2 bridgehead atoms. The van der Waals surface area contributed by atoms with E-state index in [1.54, 1.807) is 19.2 Å². The first-order valence-corrected chi connectivity index (χ1v) is 9.91. The summed E-state index contributed by atoms with van der Waals surface area (Å²) >= 11 is 0. The molecule has 0 saturated carbocycles. The Hall–Kier alpha value is -2.32. The molecule has 28 heavy (non-hydrogen) atoms. The van der Waals surface area contributed by atoms with Crippen LogP contribution in [0.4, 0.5) is 4.39 Å². The minimum Gasteiger partial charge on any atom is -0.383 e. The smallest absolute Gasteiger partial charge is 0.229 e. The number of rotatable bonds is 7. The Balaban J connectivity index is 1.36. The molecule has 4 heterocycles. The maximum Gasteiger partial charge on any atom is 0.229 e. The molecule has 8 heteroatoms. The number of piperidine rings is 3. The van der Waals surface area contributed by atoms with Gasteiger partial charge in [-0.15, -0.1) is 5.10 Å². The molecule has 150 valence electrons. The third kappa shape index (κ3) is 4.07. The van der Waals surface area contributed by atoms with Crippen LogP contribution in [0, 0.1) is 17.7 Å². The van der Waals surface area contributed by atoms with Crippen molar-refractivity contribution in [3.63, 3.8) is 0 Å². The number of hydrogen-bond acceptors (Lipinski definition) is 4. The Kier molecular flexibility index (Phi) is 5.68. The highest BCUT2D eigenvalue weighted by Gasteiger charge is 2.46. The lowest BCUT2D eigenvalue weighted by Gasteiger charge is -2.46. The Morgan fingerprint density at radius 1 is 1.39 bits per heavy atom. The molecule has 1 amide bonds. The van der Waals surface area contributed by atoms with E-state index < -0.39 is 0 Å². The van der Waals surface area contributed by atoms with Gasteiger partial charge in [0.25, 0.3) is 0 Å². The molecule has 1 unspecified atom stereocenters. The van der Waals surface area contributed by atoms with E-state index in [0.29, 0.717) is 25.1 Å². The molecule has 3 aliphatic rings. The van der Waals surface area contributed by atoms with E-state index in [4.69, 9.17) is 4.74 Å². The summed E-state index contributed by atoms with van der Waals surface area (Å²) in [5.74, 6) is 0.441. The summed E-state index contributed by atoms with van der Waals surface area (Å²) in [6.45, 7) is 3.90. The summed E-state index contributed by atoms with van der Waals surface area (Å²) < 4.78 is 20.0. The van der Waals surface area contributed by atoms with Gasteiger partial charge in [-0.25, -0.2) is 9.07 Å². The first-order valence-electron chi connectivity index (χ1n) is 9.91. The molecule has 2 N–H and O–H groups in total.